The van der Waals surface area contributed by atoms with Crippen LogP contribution in [-0.4, -0.2) is 20.5 Å². The van der Waals surface area contributed by atoms with Crippen LogP contribution in [0.4, 0.5) is 0 Å². The lowest BCUT2D eigenvalue weighted by Gasteiger charge is -2.10. The first-order valence-corrected chi connectivity index (χ1v) is 8.10. The summed E-state index contributed by atoms with van der Waals surface area (Å²) in [5.41, 5.74) is 0. The van der Waals surface area contributed by atoms with E-state index in [0.717, 1.165) is 16.7 Å². The van der Waals surface area contributed by atoms with Crippen LogP contribution >= 0.6 is 23.4 Å². The second kappa shape index (κ2) is 6.06. The van der Waals surface area contributed by atoms with Gasteiger partial charge in [-0.15, -0.1) is 10.2 Å². The van der Waals surface area contributed by atoms with Crippen molar-refractivity contribution in [3.05, 3.63) is 35.1 Å². The van der Waals surface area contributed by atoms with Crippen molar-refractivity contribution in [2.75, 3.05) is 5.75 Å². The number of halogens is 1. The normalized spacial score (nSPS) is 14.5. The zero-order valence-corrected chi connectivity index (χ0v) is 12.8. The minimum atomic E-state index is 0.400. The summed E-state index contributed by atoms with van der Waals surface area (Å²) in [4.78, 5) is 0. The number of thioether (sulfide) groups is 1. The molecule has 1 aliphatic rings. The number of nitrogens with zero attached hydrogens (tertiary/aromatic N) is 3. The smallest absolute Gasteiger partial charge is 0.191 e. The van der Waals surface area contributed by atoms with Crippen LogP contribution in [0.15, 0.2) is 29.4 Å². The summed E-state index contributed by atoms with van der Waals surface area (Å²) < 4.78 is 7.98. The minimum absolute atomic E-state index is 0.400. The Labute approximate surface area is 127 Å². The predicted octanol–water partition coefficient (Wildman–Crippen LogP) is 3.96. The van der Waals surface area contributed by atoms with Crippen molar-refractivity contribution < 1.29 is 4.74 Å². The molecule has 3 rings (SSSR count). The van der Waals surface area contributed by atoms with Gasteiger partial charge in [0.1, 0.15) is 12.4 Å². The average Bonchev–Trinajstić information content (AvgIpc) is 3.21. The monoisotopic (exact) mass is 309 g/mol. The summed E-state index contributed by atoms with van der Waals surface area (Å²) in [7, 11) is 0. The van der Waals surface area contributed by atoms with Crippen LogP contribution in [0.2, 0.25) is 5.02 Å². The quantitative estimate of drug-likeness (QED) is 0.757. The standard InChI is InChI=1S/C14H16ClN3OS/c1-2-20-14-17-16-13(18(14)10-7-8-10)9-19-12-6-4-3-5-11(12)15/h3-6,10H,2,7-9H2,1H3. The SMILES string of the molecule is CCSc1nnc(COc2ccccc2Cl)n1C1CC1. The largest absolute Gasteiger partial charge is 0.484 e. The molecule has 20 heavy (non-hydrogen) atoms. The van der Waals surface area contributed by atoms with Crippen LogP contribution in [-0.2, 0) is 6.61 Å². The molecule has 0 atom stereocenters. The van der Waals surface area contributed by atoms with Crippen molar-refractivity contribution in [3.8, 4) is 5.75 Å². The molecule has 1 aromatic carbocycles. The van der Waals surface area contributed by atoms with Crippen LogP contribution in [0.25, 0.3) is 0 Å². The maximum absolute atomic E-state index is 6.09. The van der Waals surface area contributed by atoms with E-state index < -0.39 is 0 Å². The molecule has 1 saturated carbocycles. The summed E-state index contributed by atoms with van der Waals surface area (Å²) in [6.45, 7) is 2.52. The highest BCUT2D eigenvalue weighted by atomic mass is 35.5. The molecule has 1 fully saturated rings. The lowest BCUT2D eigenvalue weighted by Crippen LogP contribution is -2.07. The van der Waals surface area contributed by atoms with Crippen LogP contribution in [0.3, 0.4) is 0 Å². The first-order chi connectivity index (χ1) is 9.79. The third-order valence-corrected chi connectivity index (χ3v) is 4.25. The molecule has 0 N–H and O–H groups in total. The first kappa shape index (κ1) is 13.8. The van der Waals surface area contributed by atoms with E-state index in [1.807, 2.05) is 24.3 Å². The third kappa shape index (κ3) is 2.94. The van der Waals surface area contributed by atoms with E-state index in [1.165, 1.54) is 12.8 Å². The van der Waals surface area contributed by atoms with E-state index in [2.05, 4.69) is 21.7 Å². The molecule has 0 saturated heterocycles. The third-order valence-electron chi connectivity index (χ3n) is 3.11. The van der Waals surface area contributed by atoms with Gasteiger partial charge in [-0.25, -0.2) is 0 Å². The summed E-state index contributed by atoms with van der Waals surface area (Å²) in [6.07, 6.45) is 2.41. The fourth-order valence-corrected chi connectivity index (χ4v) is 2.98. The van der Waals surface area contributed by atoms with Crippen LogP contribution < -0.4 is 4.74 Å². The second-order valence-electron chi connectivity index (χ2n) is 4.65. The van der Waals surface area contributed by atoms with Gasteiger partial charge in [0.25, 0.3) is 0 Å². The lowest BCUT2D eigenvalue weighted by atomic mass is 10.3. The molecule has 1 aliphatic carbocycles. The molecule has 106 valence electrons. The van der Waals surface area contributed by atoms with Gasteiger partial charge in [-0.2, -0.15) is 0 Å². The molecule has 4 nitrogen and oxygen atoms in total. The minimum Gasteiger partial charge on any atom is -0.484 e. The number of hydrogen-bond acceptors (Lipinski definition) is 4. The van der Waals surface area contributed by atoms with Gasteiger partial charge < -0.3 is 9.30 Å². The topological polar surface area (TPSA) is 39.9 Å². The van der Waals surface area contributed by atoms with E-state index >= 15 is 0 Å². The number of hydrogen-bond donors (Lipinski definition) is 0. The van der Waals surface area contributed by atoms with E-state index in [0.29, 0.717) is 23.4 Å². The Kier molecular flexibility index (Phi) is 4.17. The van der Waals surface area contributed by atoms with Gasteiger partial charge in [0.2, 0.25) is 0 Å². The molecule has 0 bridgehead atoms. The number of para-hydroxylation sites is 1. The fraction of sp³-hybridized carbons (Fsp3) is 0.429. The van der Waals surface area contributed by atoms with Gasteiger partial charge in [-0.05, 0) is 30.7 Å². The Morgan fingerprint density at radius 2 is 2.15 bits per heavy atom. The van der Waals surface area contributed by atoms with Gasteiger partial charge in [0, 0.05) is 6.04 Å². The molecule has 0 spiro atoms. The molecule has 2 aromatic rings. The van der Waals surface area contributed by atoms with Crippen molar-refractivity contribution in [3.63, 3.8) is 0 Å². The summed E-state index contributed by atoms with van der Waals surface area (Å²) >= 11 is 7.81. The Morgan fingerprint density at radius 1 is 1.35 bits per heavy atom. The lowest BCUT2D eigenvalue weighted by molar-refractivity contribution is 0.288. The van der Waals surface area contributed by atoms with E-state index in [-0.39, 0.29) is 0 Å². The Morgan fingerprint density at radius 3 is 2.85 bits per heavy atom. The first-order valence-electron chi connectivity index (χ1n) is 6.73. The highest BCUT2D eigenvalue weighted by molar-refractivity contribution is 7.99. The molecule has 0 aliphatic heterocycles. The van der Waals surface area contributed by atoms with E-state index in [9.17, 15) is 0 Å². The molecular formula is C14H16ClN3OS. The van der Waals surface area contributed by atoms with Crippen molar-refractivity contribution >= 4 is 23.4 Å². The Hall–Kier alpha value is -1.20. The highest BCUT2D eigenvalue weighted by Gasteiger charge is 2.29. The van der Waals surface area contributed by atoms with Gasteiger partial charge in [0.15, 0.2) is 11.0 Å². The molecule has 1 heterocycles. The number of ether oxygens (including phenoxy) is 1. The predicted molar refractivity (Wildman–Crippen MR) is 80.5 cm³/mol. The van der Waals surface area contributed by atoms with Crippen LogP contribution in [0, 0.1) is 0 Å². The van der Waals surface area contributed by atoms with E-state index in [4.69, 9.17) is 16.3 Å². The number of benzene rings is 1. The van der Waals surface area contributed by atoms with Crippen LogP contribution in [0.1, 0.15) is 31.6 Å². The van der Waals surface area contributed by atoms with Gasteiger partial charge >= 0.3 is 0 Å². The van der Waals surface area contributed by atoms with Crippen LogP contribution in [0.5, 0.6) is 5.75 Å². The number of aromatic nitrogens is 3. The zero-order valence-electron chi connectivity index (χ0n) is 11.3. The molecule has 0 amide bonds. The molecule has 0 unspecified atom stereocenters. The Bertz CT molecular complexity index is 598. The molecular weight excluding hydrogens is 294 g/mol. The van der Waals surface area contributed by atoms with Crippen molar-refractivity contribution in [1.82, 2.24) is 14.8 Å². The van der Waals surface area contributed by atoms with Crippen molar-refractivity contribution in [2.45, 2.75) is 37.6 Å². The number of rotatable bonds is 6. The van der Waals surface area contributed by atoms with Gasteiger partial charge in [-0.3, -0.25) is 0 Å². The van der Waals surface area contributed by atoms with Crippen molar-refractivity contribution in [1.29, 1.82) is 0 Å². The van der Waals surface area contributed by atoms with E-state index in [1.54, 1.807) is 11.8 Å². The maximum Gasteiger partial charge on any atom is 0.191 e. The van der Waals surface area contributed by atoms with Crippen molar-refractivity contribution in [2.24, 2.45) is 0 Å². The average molecular weight is 310 g/mol. The van der Waals surface area contributed by atoms with Gasteiger partial charge in [0.05, 0.1) is 5.02 Å². The summed E-state index contributed by atoms with van der Waals surface area (Å²) in [5, 5.41) is 10.1. The Balaban J connectivity index is 1.76. The zero-order chi connectivity index (χ0) is 13.9. The highest BCUT2D eigenvalue weighted by Crippen LogP contribution is 2.39. The summed E-state index contributed by atoms with van der Waals surface area (Å²) in [5.74, 6) is 2.56. The maximum atomic E-state index is 6.09. The molecule has 6 heteroatoms. The molecule has 1 aromatic heterocycles. The fourth-order valence-electron chi connectivity index (χ4n) is 2.04. The summed E-state index contributed by atoms with van der Waals surface area (Å²) in [6, 6.07) is 8.02. The second-order valence-corrected chi connectivity index (χ2v) is 6.29. The van der Waals surface area contributed by atoms with Gasteiger partial charge in [-0.1, -0.05) is 42.4 Å². The molecule has 0 radical (unpaired) electrons.